The maximum absolute atomic E-state index is 13.7. The lowest BCUT2D eigenvalue weighted by Gasteiger charge is -2.24. The molecule has 0 aliphatic heterocycles. The SMILES string of the molecule is CC(C)(C)c1ccc(N(CC(=O)Nc2c(F)cccc2F)S(C)(=O)=O)cc1. The van der Waals surface area contributed by atoms with Crippen LogP contribution in [-0.2, 0) is 20.2 Å². The number of nitrogens with one attached hydrogen (secondary N) is 1. The standard InChI is InChI=1S/C19H22F2N2O3S/c1-19(2,3)13-8-10-14(11-9-13)23(27(4,25)26)12-17(24)22-18-15(20)6-5-7-16(18)21/h5-11H,12H2,1-4H3,(H,22,24). The summed E-state index contributed by atoms with van der Waals surface area (Å²) >= 11 is 0. The largest absolute Gasteiger partial charge is 0.320 e. The zero-order valence-corrected chi connectivity index (χ0v) is 16.4. The molecule has 0 spiro atoms. The first kappa shape index (κ1) is 20.8. The molecule has 146 valence electrons. The highest BCUT2D eigenvalue weighted by molar-refractivity contribution is 7.92. The van der Waals surface area contributed by atoms with Crippen molar-refractivity contribution in [3.8, 4) is 0 Å². The summed E-state index contributed by atoms with van der Waals surface area (Å²) in [6.07, 6.45) is 0.960. The minimum absolute atomic E-state index is 0.117. The van der Waals surface area contributed by atoms with Crippen LogP contribution in [0.4, 0.5) is 20.2 Å². The quantitative estimate of drug-likeness (QED) is 0.839. The molecule has 0 aliphatic rings. The van der Waals surface area contributed by atoms with Crippen LogP contribution in [0.2, 0.25) is 0 Å². The second kappa shape index (κ2) is 7.64. The lowest BCUT2D eigenvalue weighted by atomic mass is 9.87. The molecular weight excluding hydrogens is 374 g/mol. The van der Waals surface area contributed by atoms with Crippen LogP contribution < -0.4 is 9.62 Å². The Labute approximate surface area is 158 Å². The summed E-state index contributed by atoms with van der Waals surface area (Å²) in [6, 6.07) is 9.91. The molecule has 27 heavy (non-hydrogen) atoms. The molecular formula is C19H22F2N2O3S. The van der Waals surface area contributed by atoms with Gasteiger partial charge in [-0.25, -0.2) is 17.2 Å². The van der Waals surface area contributed by atoms with Crippen LogP contribution in [0.3, 0.4) is 0 Å². The van der Waals surface area contributed by atoms with Gasteiger partial charge in [-0.2, -0.15) is 0 Å². The monoisotopic (exact) mass is 396 g/mol. The number of carbonyl (C=O) groups excluding carboxylic acids is 1. The van der Waals surface area contributed by atoms with Crippen molar-refractivity contribution in [1.29, 1.82) is 0 Å². The fourth-order valence-electron chi connectivity index (χ4n) is 2.45. The van der Waals surface area contributed by atoms with E-state index in [0.29, 0.717) is 0 Å². The third kappa shape index (κ3) is 5.26. The van der Waals surface area contributed by atoms with Gasteiger partial charge in [0.2, 0.25) is 15.9 Å². The Hall–Kier alpha value is -2.48. The molecule has 2 aromatic carbocycles. The summed E-state index contributed by atoms with van der Waals surface area (Å²) in [6.45, 7) is 5.45. The van der Waals surface area contributed by atoms with Crippen molar-refractivity contribution in [2.24, 2.45) is 0 Å². The molecule has 8 heteroatoms. The van der Waals surface area contributed by atoms with E-state index in [2.05, 4.69) is 5.32 Å². The van der Waals surface area contributed by atoms with E-state index in [1.165, 1.54) is 6.07 Å². The van der Waals surface area contributed by atoms with E-state index in [1.807, 2.05) is 20.8 Å². The van der Waals surface area contributed by atoms with E-state index < -0.39 is 39.8 Å². The second-order valence-corrected chi connectivity index (χ2v) is 9.12. The van der Waals surface area contributed by atoms with Crippen LogP contribution >= 0.6 is 0 Å². The normalized spacial score (nSPS) is 11.9. The number of hydrogen-bond acceptors (Lipinski definition) is 3. The lowest BCUT2D eigenvalue weighted by Crippen LogP contribution is -2.37. The van der Waals surface area contributed by atoms with Gasteiger partial charge in [0.1, 0.15) is 23.9 Å². The zero-order valence-electron chi connectivity index (χ0n) is 15.6. The molecule has 0 radical (unpaired) electrons. The van der Waals surface area contributed by atoms with Gasteiger partial charge in [0, 0.05) is 0 Å². The van der Waals surface area contributed by atoms with Crippen LogP contribution in [0.15, 0.2) is 42.5 Å². The van der Waals surface area contributed by atoms with E-state index in [9.17, 15) is 22.0 Å². The van der Waals surface area contributed by atoms with Gasteiger partial charge in [-0.05, 0) is 35.2 Å². The maximum Gasteiger partial charge on any atom is 0.245 e. The number of anilines is 2. The topological polar surface area (TPSA) is 66.5 Å². The molecule has 0 saturated carbocycles. The highest BCUT2D eigenvalue weighted by Gasteiger charge is 2.23. The van der Waals surface area contributed by atoms with E-state index in [-0.39, 0.29) is 11.1 Å². The van der Waals surface area contributed by atoms with Gasteiger partial charge in [-0.1, -0.05) is 39.0 Å². The fourth-order valence-corrected chi connectivity index (χ4v) is 3.31. The highest BCUT2D eigenvalue weighted by atomic mass is 32.2. The van der Waals surface area contributed by atoms with Crippen LogP contribution in [0.1, 0.15) is 26.3 Å². The van der Waals surface area contributed by atoms with Crippen LogP contribution in [0.25, 0.3) is 0 Å². The van der Waals surface area contributed by atoms with Gasteiger partial charge in [0.25, 0.3) is 0 Å². The Bertz CT molecular complexity index is 916. The van der Waals surface area contributed by atoms with E-state index in [1.54, 1.807) is 24.3 Å². The number of carbonyl (C=O) groups is 1. The van der Waals surface area contributed by atoms with Gasteiger partial charge in [0.15, 0.2) is 0 Å². The molecule has 0 fully saturated rings. The molecule has 0 atom stereocenters. The molecule has 0 aromatic heterocycles. The molecule has 0 aliphatic carbocycles. The molecule has 1 N–H and O–H groups in total. The van der Waals surface area contributed by atoms with Crippen molar-refractivity contribution in [1.82, 2.24) is 0 Å². The van der Waals surface area contributed by atoms with Crippen molar-refractivity contribution in [3.63, 3.8) is 0 Å². The highest BCUT2D eigenvalue weighted by Crippen LogP contribution is 2.26. The van der Waals surface area contributed by atoms with Crippen molar-refractivity contribution >= 4 is 27.3 Å². The summed E-state index contributed by atoms with van der Waals surface area (Å²) in [7, 11) is -3.79. The van der Waals surface area contributed by atoms with Crippen LogP contribution in [-0.4, -0.2) is 27.1 Å². The first-order chi connectivity index (χ1) is 12.4. The number of para-hydroxylation sites is 1. The summed E-state index contributed by atoms with van der Waals surface area (Å²) in [5.74, 6) is -2.74. The third-order valence-corrected chi connectivity index (χ3v) is 5.08. The summed E-state index contributed by atoms with van der Waals surface area (Å²) in [5.41, 5.74) is 0.556. The minimum Gasteiger partial charge on any atom is -0.320 e. The van der Waals surface area contributed by atoms with Crippen molar-refractivity contribution in [3.05, 3.63) is 59.7 Å². The molecule has 0 saturated heterocycles. The molecule has 5 nitrogen and oxygen atoms in total. The van der Waals surface area contributed by atoms with E-state index in [4.69, 9.17) is 0 Å². The maximum atomic E-state index is 13.7. The molecule has 1 amide bonds. The Morgan fingerprint density at radius 2 is 1.56 bits per heavy atom. The van der Waals surface area contributed by atoms with Gasteiger partial charge < -0.3 is 5.32 Å². The number of benzene rings is 2. The predicted molar refractivity (Wildman–Crippen MR) is 102 cm³/mol. The minimum atomic E-state index is -3.79. The lowest BCUT2D eigenvalue weighted by molar-refractivity contribution is -0.114. The van der Waals surface area contributed by atoms with E-state index in [0.717, 1.165) is 28.3 Å². The number of amides is 1. The Kier molecular flexibility index (Phi) is 5.89. The first-order valence-corrected chi connectivity index (χ1v) is 10.1. The van der Waals surface area contributed by atoms with Crippen LogP contribution in [0.5, 0.6) is 0 Å². The van der Waals surface area contributed by atoms with Crippen molar-refractivity contribution in [2.45, 2.75) is 26.2 Å². The van der Waals surface area contributed by atoms with Crippen molar-refractivity contribution in [2.75, 3.05) is 22.4 Å². The number of rotatable bonds is 5. The summed E-state index contributed by atoms with van der Waals surface area (Å²) < 4.78 is 52.5. The van der Waals surface area contributed by atoms with E-state index >= 15 is 0 Å². The molecule has 2 rings (SSSR count). The average molecular weight is 396 g/mol. The number of halogens is 2. The molecule has 0 heterocycles. The van der Waals surface area contributed by atoms with Crippen molar-refractivity contribution < 1.29 is 22.0 Å². The fraction of sp³-hybridized carbons (Fsp3) is 0.316. The summed E-state index contributed by atoms with van der Waals surface area (Å²) in [5, 5.41) is 2.09. The molecule has 0 unspecified atom stereocenters. The first-order valence-electron chi connectivity index (χ1n) is 8.22. The molecule has 0 bridgehead atoms. The number of nitrogens with zero attached hydrogens (tertiary/aromatic N) is 1. The Morgan fingerprint density at radius 3 is 2.00 bits per heavy atom. The second-order valence-electron chi connectivity index (χ2n) is 7.21. The smallest absolute Gasteiger partial charge is 0.245 e. The molecule has 2 aromatic rings. The Morgan fingerprint density at radius 1 is 1.04 bits per heavy atom. The van der Waals surface area contributed by atoms with Crippen LogP contribution in [0, 0.1) is 11.6 Å². The average Bonchev–Trinajstić information content (AvgIpc) is 2.54. The predicted octanol–water partition coefficient (Wildman–Crippen LogP) is 3.67. The van der Waals surface area contributed by atoms with Gasteiger partial charge in [-0.15, -0.1) is 0 Å². The zero-order chi connectivity index (χ0) is 20.4. The third-order valence-electron chi connectivity index (χ3n) is 3.94. The van der Waals surface area contributed by atoms with Gasteiger partial charge in [0.05, 0.1) is 11.9 Å². The number of hydrogen-bond donors (Lipinski definition) is 1. The summed E-state index contributed by atoms with van der Waals surface area (Å²) in [4.78, 5) is 12.2. The number of sulfonamides is 1. The van der Waals surface area contributed by atoms with Gasteiger partial charge >= 0.3 is 0 Å². The van der Waals surface area contributed by atoms with Gasteiger partial charge in [-0.3, -0.25) is 9.10 Å². The Balaban J connectivity index is 2.26.